The van der Waals surface area contributed by atoms with E-state index in [0.717, 1.165) is 52.0 Å². The van der Waals surface area contributed by atoms with Crippen LogP contribution >= 0.6 is 0 Å². The van der Waals surface area contributed by atoms with E-state index in [9.17, 15) is 9.59 Å². The minimum Gasteiger partial charge on any atom is -0.369 e. The summed E-state index contributed by atoms with van der Waals surface area (Å²) in [6, 6.07) is 0. The molecule has 0 radical (unpaired) electrons. The maximum absolute atomic E-state index is 12.6. The molecule has 2 amide bonds. The van der Waals surface area contributed by atoms with Crippen LogP contribution in [0.15, 0.2) is 0 Å². The molecule has 2 rings (SSSR count). The second kappa shape index (κ2) is 7.04. The Bertz CT molecular complexity index is 361. The largest absolute Gasteiger partial charge is 0.369 e. The summed E-state index contributed by atoms with van der Waals surface area (Å²) in [5, 5.41) is 0. The van der Waals surface area contributed by atoms with Gasteiger partial charge in [-0.25, -0.2) is 0 Å². The fraction of sp³-hybridized carbons (Fsp3) is 0.857. The van der Waals surface area contributed by atoms with Crippen molar-refractivity contribution in [3.05, 3.63) is 0 Å². The number of nitrogens with two attached hydrogens (primary N) is 1. The Balaban J connectivity index is 1.89. The van der Waals surface area contributed by atoms with Crippen molar-refractivity contribution in [3.63, 3.8) is 0 Å². The van der Waals surface area contributed by atoms with Gasteiger partial charge in [0.05, 0.1) is 12.5 Å². The van der Waals surface area contributed by atoms with E-state index in [4.69, 9.17) is 5.73 Å². The summed E-state index contributed by atoms with van der Waals surface area (Å²) < 4.78 is 0. The molecule has 0 bridgehead atoms. The van der Waals surface area contributed by atoms with Crippen LogP contribution in [0.5, 0.6) is 0 Å². The predicted molar refractivity (Wildman–Crippen MR) is 77.1 cm³/mol. The molecule has 0 aromatic heterocycles. The highest BCUT2D eigenvalue weighted by Crippen LogP contribution is 2.19. The number of primary amides is 1. The maximum atomic E-state index is 12.6. The first kappa shape index (κ1) is 15.3. The zero-order valence-electron chi connectivity index (χ0n) is 12.4. The number of carbonyl (C=O) groups is 2. The topological polar surface area (TPSA) is 69.9 Å². The molecule has 0 aromatic carbocycles. The predicted octanol–water partition coefficient (Wildman–Crippen LogP) is -0.652. The molecule has 6 nitrogen and oxygen atoms in total. The quantitative estimate of drug-likeness (QED) is 0.747. The summed E-state index contributed by atoms with van der Waals surface area (Å²) in [5.74, 6) is -0.0181. The van der Waals surface area contributed by atoms with E-state index in [2.05, 4.69) is 11.9 Å². The van der Waals surface area contributed by atoms with Crippen molar-refractivity contribution in [1.82, 2.24) is 14.7 Å². The average molecular weight is 282 g/mol. The van der Waals surface area contributed by atoms with Crippen LogP contribution in [-0.2, 0) is 9.59 Å². The van der Waals surface area contributed by atoms with Gasteiger partial charge in [-0.15, -0.1) is 0 Å². The SMILES string of the molecule is CN1CCCN(C(=O)C2CCCN(CC(N)=O)C2)CC1. The molecule has 2 heterocycles. The first-order valence-electron chi connectivity index (χ1n) is 7.54. The van der Waals surface area contributed by atoms with Gasteiger partial charge in [-0.05, 0) is 39.4 Å². The lowest BCUT2D eigenvalue weighted by molar-refractivity contribution is -0.137. The van der Waals surface area contributed by atoms with E-state index >= 15 is 0 Å². The van der Waals surface area contributed by atoms with E-state index in [0.29, 0.717) is 6.54 Å². The normalized spacial score (nSPS) is 26.2. The molecule has 2 N–H and O–H groups in total. The molecule has 0 saturated carbocycles. The molecule has 20 heavy (non-hydrogen) atoms. The summed E-state index contributed by atoms with van der Waals surface area (Å²) in [5.41, 5.74) is 5.24. The Morgan fingerprint density at radius 1 is 1.10 bits per heavy atom. The number of amides is 2. The zero-order chi connectivity index (χ0) is 14.5. The van der Waals surface area contributed by atoms with E-state index in [-0.39, 0.29) is 24.3 Å². The summed E-state index contributed by atoms with van der Waals surface area (Å²) in [7, 11) is 2.10. The molecule has 0 spiro atoms. The zero-order valence-corrected chi connectivity index (χ0v) is 12.4. The van der Waals surface area contributed by atoms with Crippen molar-refractivity contribution in [2.45, 2.75) is 19.3 Å². The summed E-state index contributed by atoms with van der Waals surface area (Å²) in [6.45, 7) is 5.50. The molecule has 2 fully saturated rings. The fourth-order valence-electron chi connectivity index (χ4n) is 3.15. The van der Waals surface area contributed by atoms with Crippen molar-refractivity contribution >= 4 is 11.8 Å². The minimum absolute atomic E-state index is 0.0338. The third-order valence-corrected chi connectivity index (χ3v) is 4.27. The third kappa shape index (κ3) is 4.18. The number of nitrogens with zero attached hydrogens (tertiary/aromatic N) is 3. The number of rotatable bonds is 3. The molecule has 1 unspecified atom stereocenters. The van der Waals surface area contributed by atoms with Gasteiger partial charge >= 0.3 is 0 Å². The lowest BCUT2D eigenvalue weighted by atomic mass is 9.96. The molecular weight excluding hydrogens is 256 g/mol. The highest BCUT2D eigenvalue weighted by Gasteiger charge is 2.30. The summed E-state index contributed by atoms with van der Waals surface area (Å²) in [4.78, 5) is 29.9. The standard InChI is InChI=1S/C14H26N4O2/c1-16-5-3-7-18(9-8-16)14(20)12-4-2-6-17(10-12)11-13(15)19/h12H,2-11H2,1H3,(H2,15,19). The van der Waals surface area contributed by atoms with Crippen molar-refractivity contribution < 1.29 is 9.59 Å². The van der Waals surface area contributed by atoms with E-state index in [1.807, 2.05) is 9.80 Å². The van der Waals surface area contributed by atoms with E-state index in [1.54, 1.807) is 0 Å². The highest BCUT2D eigenvalue weighted by molar-refractivity contribution is 5.79. The Labute approximate surface area is 120 Å². The van der Waals surface area contributed by atoms with Crippen molar-refractivity contribution in [1.29, 1.82) is 0 Å². The molecule has 0 aliphatic carbocycles. The fourth-order valence-corrected chi connectivity index (χ4v) is 3.15. The average Bonchev–Trinajstić information content (AvgIpc) is 2.62. The number of likely N-dealkylation sites (tertiary alicyclic amines) is 1. The summed E-state index contributed by atoms with van der Waals surface area (Å²) in [6.07, 6.45) is 2.94. The summed E-state index contributed by atoms with van der Waals surface area (Å²) >= 11 is 0. The van der Waals surface area contributed by atoms with Gasteiger partial charge in [0.2, 0.25) is 11.8 Å². The number of piperidine rings is 1. The van der Waals surface area contributed by atoms with Crippen LogP contribution in [0.1, 0.15) is 19.3 Å². The van der Waals surface area contributed by atoms with Gasteiger partial charge < -0.3 is 15.5 Å². The van der Waals surface area contributed by atoms with Crippen molar-refractivity contribution in [2.75, 3.05) is 52.9 Å². The first-order valence-corrected chi connectivity index (χ1v) is 7.54. The van der Waals surface area contributed by atoms with Gasteiger partial charge in [-0.1, -0.05) is 0 Å². The van der Waals surface area contributed by atoms with Crippen molar-refractivity contribution in [3.8, 4) is 0 Å². The van der Waals surface area contributed by atoms with Gasteiger partial charge in [0.25, 0.3) is 0 Å². The molecule has 0 aromatic rings. The Hall–Kier alpha value is -1.14. The number of hydrogen-bond acceptors (Lipinski definition) is 4. The van der Waals surface area contributed by atoms with Crippen LogP contribution in [0.2, 0.25) is 0 Å². The molecule has 114 valence electrons. The second-order valence-corrected chi connectivity index (χ2v) is 6.02. The molecule has 2 aliphatic heterocycles. The van der Waals surface area contributed by atoms with Crippen LogP contribution < -0.4 is 5.73 Å². The maximum Gasteiger partial charge on any atom is 0.231 e. The van der Waals surface area contributed by atoms with Crippen LogP contribution in [0, 0.1) is 5.92 Å². The van der Waals surface area contributed by atoms with E-state index < -0.39 is 0 Å². The van der Waals surface area contributed by atoms with Crippen LogP contribution in [0.25, 0.3) is 0 Å². The molecule has 6 heteroatoms. The monoisotopic (exact) mass is 282 g/mol. The minimum atomic E-state index is -0.311. The molecule has 1 atom stereocenters. The lowest BCUT2D eigenvalue weighted by Gasteiger charge is -2.34. The van der Waals surface area contributed by atoms with Gasteiger partial charge in [-0.3, -0.25) is 14.5 Å². The number of hydrogen-bond donors (Lipinski definition) is 1. The van der Waals surface area contributed by atoms with Crippen LogP contribution in [0.3, 0.4) is 0 Å². The molecular formula is C14H26N4O2. The Morgan fingerprint density at radius 2 is 1.90 bits per heavy atom. The highest BCUT2D eigenvalue weighted by atomic mass is 16.2. The van der Waals surface area contributed by atoms with Gasteiger partial charge in [0.15, 0.2) is 0 Å². The van der Waals surface area contributed by atoms with Gasteiger partial charge in [-0.2, -0.15) is 0 Å². The first-order chi connectivity index (χ1) is 9.56. The van der Waals surface area contributed by atoms with Gasteiger partial charge in [0, 0.05) is 26.2 Å². The molecule has 2 saturated heterocycles. The lowest BCUT2D eigenvalue weighted by Crippen LogP contribution is -2.47. The smallest absolute Gasteiger partial charge is 0.231 e. The third-order valence-electron chi connectivity index (χ3n) is 4.27. The second-order valence-electron chi connectivity index (χ2n) is 6.02. The molecule has 2 aliphatic rings. The van der Waals surface area contributed by atoms with Gasteiger partial charge in [0.1, 0.15) is 0 Å². The van der Waals surface area contributed by atoms with Crippen LogP contribution in [0.4, 0.5) is 0 Å². The van der Waals surface area contributed by atoms with Crippen molar-refractivity contribution in [2.24, 2.45) is 11.7 Å². The Kier molecular flexibility index (Phi) is 5.37. The van der Waals surface area contributed by atoms with E-state index in [1.165, 1.54) is 0 Å². The number of carbonyl (C=O) groups excluding carboxylic acids is 2. The van der Waals surface area contributed by atoms with Crippen LogP contribution in [-0.4, -0.2) is 79.4 Å². The Morgan fingerprint density at radius 3 is 2.65 bits per heavy atom. The number of likely N-dealkylation sites (N-methyl/N-ethyl adjacent to an activating group) is 1.